The normalized spacial score (nSPS) is 21.3. The van der Waals surface area contributed by atoms with Crippen molar-refractivity contribution < 1.29 is 0 Å². The maximum atomic E-state index is 5.52. The van der Waals surface area contributed by atoms with E-state index < -0.39 is 0 Å². The minimum atomic E-state index is 0.518. The van der Waals surface area contributed by atoms with E-state index >= 15 is 0 Å². The third kappa shape index (κ3) is 1.78. The van der Waals surface area contributed by atoms with Gasteiger partial charge in [0.25, 0.3) is 0 Å². The fourth-order valence-electron chi connectivity index (χ4n) is 0.957. The molecule has 1 fully saturated rings. The highest BCUT2D eigenvalue weighted by Gasteiger charge is 2.09. The number of hydrogen-bond donors (Lipinski definition) is 3. The van der Waals surface area contributed by atoms with Gasteiger partial charge in [0, 0.05) is 26.2 Å². The Balaban J connectivity index is 2.39. The molecule has 10 heavy (non-hydrogen) atoms. The SMILES string of the molecule is N/C(=N\S)N1CCNCC1. The summed E-state index contributed by atoms with van der Waals surface area (Å²) in [5.41, 5.74) is 5.52. The molecule has 4 nitrogen and oxygen atoms in total. The maximum absolute atomic E-state index is 5.52. The summed E-state index contributed by atoms with van der Waals surface area (Å²) in [6, 6.07) is 0. The lowest BCUT2D eigenvalue weighted by atomic mass is 10.4. The topological polar surface area (TPSA) is 53.6 Å². The van der Waals surface area contributed by atoms with Crippen LogP contribution < -0.4 is 11.1 Å². The molecule has 0 bridgehead atoms. The first-order valence-electron chi connectivity index (χ1n) is 3.28. The van der Waals surface area contributed by atoms with Gasteiger partial charge in [-0.1, -0.05) is 0 Å². The Bertz CT molecular complexity index is 130. The Morgan fingerprint density at radius 1 is 1.50 bits per heavy atom. The quantitative estimate of drug-likeness (QED) is 0.243. The van der Waals surface area contributed by atoms with Gasteiger partial charge in [0.05, 0.1) is 0 Å². The summed E-state index contributed by atoms with van der Waals surface area (Å²) < 4.78 is 3.60. The number of guanidine groups is 1. The second-order valence-electron chi connectivity index (χ2n) is 2.20. The van der Waals surface area contributed by atoms with E-state index in [1.54, 1.807) is 0 Å². The third-order valence-corrected chi connectivity index (χ3v) is 1.75. The first-order chi connectivity index (χ1) is 4.84. The highest BCUT2D eigenvalue weighted by atomic mass is 32.1. The molecule has 5 heteroatoms. The average molecular weight is 160 g/mol. The molecule has 0 unspecified atom stereocenters. The lowest BCUT2D eigenvalue weighted by Gasteiger charge is -2.27. The van der Waals surface area contributed by atoms with Crippen LogP contribution in [0.15, 0.2) is 4.40 Å². The Morgan fingerprint density at radius 3 is 2.60 bits per heavy atom. The van der Waals surface area contributed by atoms with E-state index in [1.165, 1.54) is 0 Å². The number of nitrogens with one attached hydrogen (secondary N) is 1. The van der Waals surface area contributed by atoms with Crippen molar-refractivity contribution in [1.29, 1.82) is 0 Å². The number of nitrogens with zero attached hydrogens (tertiary/aromatic N) is 2. The van der Waals surface area contributed by atoms with Gasteiger partial charge in [0.15, 0.2) is 0 Å². The van der Waals surface area contributed by atoms with Crippen LogP contribution in [-0.2, 0) is 0 Å². The summed E-state index contributed by atoms with van der Waals surface area (Å²) in [6.07, 6.45) is 0. The summed E-state index contributed by atoms with van der Waals surface area (Å²) in [6.45, 7) is 3.81. The van der Waals surface area contributed by atoms with Crippen molar-refractivity contribution in [1.82, 2.24) is 10.2 Å². The molecule has 1 aliphatic heterocycles. The molecule has 58 valence electrons. The van der Waals surface area contributed by atoms with Crippen molar-refractivity contribution in [3.63, 3.8) is 0 Å². The van der Waals surface area contributed by atoms with Crippen LogP contribution in [0, 0.1) is 0 Å². The number of hydrogen-bond acceptors (Lipinski definition) is 3. The summed E-state index contributed by atoms with van der Waals surface area (Å²) in [4.78, 5) is 2.00. The summed E-state index contributed by atoms with van der Waals surface area (Å²) >= 11 is 3.73. The maximum Gasteiger partial charge on any atom is 0.202 e. The Kier molecular flexibility index (Phi) is 2.82. The lowest BCUT2D eigenvalue weighted by Crippen LogP contribution is -2.49. The Labute approximate surface area is 66.0 Å². The van der Waals surface area contributed by atoms with Crippen molar-refractivity contribution in [2.45, 2.75) is 0 Å². The molecule has 0 aliphatic carbocycles. The molecule has 0 spiro atoms. The molecular formula is C5H12N4S. The molecule has 1 heterocycles. The van der Waals surface area contributed by atoms with Crippen molar-refractivity contribution >= 4 is 18.8 Å². The van der Waals surface area contributed by atoms with Crippen LogP contribution in [0.5, 0.6) is 0 Å². The minimum absolute atomic E-state index is 0.518. The van der Waals surface area contributed by atoms with Gasteiger partial charge in [0.1, 0.15) is 0 Å². The first kappa shape index (κ1) is 7.68. The number of rotatable bonds is 0. The Morgan fingerprint density at radius 2 is 2.10 bits per heavy atom. The molecule has 0 aromatic rings. The minimum Gasteiger partial charge on any atom is -0.369 e. The van der Waals surface area contributed by atoms with Crippen LogP contribution in [-0.4, -0.2) is 37.0 Å². The van der Waals surface area contributed by atoms with Crippen LogP contribution in [0.25, 0.3) is 0 Å². The van der Waals surface area contributed by atoms with Gasteiger partial charge in [-0.2, -0.15) is 4.40 Å². The van der Waals surface area contributed by atoms with Crippen LogP contribution >= 0.6 is 12.8 Å². The summed E-state index contributed by atoms with van der Waals surface area (Å²) in [7, 11) is 0. The van der Waals surface area contributed by atoms with Crippen LogP contribution in [0.1, 0.15) is 0 Å². The number of thiol groups is 1. The molecule has 0 saturated carbocycles. The lowest BCUT2D eigenvalue weighted by molar-refractivity contribution is 0.355. The van der Waals surface area contributed by atoms with Gasteiger partial charge >= 0.3 is 0 Å². The van der Waals surface area contributed by atoms with Crippen molar-refractivity contribution in [3.8, 4) is 0 Å². The molecule has 1 rings (SSSR count). The first-order valence-corrected chi connectivity index (χ1v) is 3.68. The number of nitrogens with two attached hydrogens (primary N) is 1. The molecule has 3 N–H and O–H groups in total. The van der Waals surface area contributed by atoms with Gasteiger partial charge < -0.3 is 16.0 Å². The third-order valence-electron chi connectivity index (χ3n) is 1.54. The van der Waals surface area contributed by atoms with Crippen LogP contribution in [0.3, 0.4) is 0 Å². The predicted molar refractivity (Wildman–Crippen MR) is 45.1 cm³/mol. The second-order valence-corrected chi connectivity index (χ2v) is 2.40. The van der Waals surface area contributed by atoms with Gasteiger partial charge in [-0.05, 0) is 12.8 Å². The van der Waals surface area contributed by atoms with E-state index in [0.29, 0.717) is 5.96 Å². The largest absolute Gasteiger partial charge is 0.369 e. The van der Waals surface area contributed by atoms with Gasteiger partial charge in [-0.3, -0.25) is 0 Å². The fourth-order valence-corrected chi connectivity index (χ4v) is 1.08. The van der Waals surface area contributed by atoms with Crippen molar-refractivity contribution in [2.24, 2.45) is 10.1 Å². The van der Waals surface area contributed by atoms with Gasteiger partial charge in [-0.25, -0.2) is 0 Å². The molecular weight excluding hydrogens is 148 g/mol. The van der Waals surface area contributed by atoms with Crippen LogP contribution in [0.2, 0.25) is 0 Å². The zero-order chi connectivity index (χ0) is 7.40. The van der Waals surface area contributed by atoms with Crippen molar-refractivity contribution in [2.75, 3.05) is 26.2 Å². The molecule has 0 aromatic heterocycles. The second kappa shape index (κ2) is 3.68. The van der Waals surface area contributed by atoms with Crippen molar-refractivity contribution in [3.05, 3.63) is 0 Å². The standard InChI is InChI=1S/C5H12N4S/c6-5(8-10)9-3-1-7-2-4-9/h7,10H,1-4H2,(H2,6,8). The van der Waals surface area contributed by atoms with E-state index in [0.717, 1.165) is 26.2 Å². The highest BCUT2D eigenvalue weighted by molar-refractivity contribution is 7.79. The monoisotopic (exact) mass is 160 g/mol. The molecule has 1 saturated heterocycles. The van der Waals surface area contributed by atoms with Crippen LogP contribution in [0.4, 0.5) is 0 Å². The predicted octanol–water partition coefficient (Wildman–Crippen LogP) is -0.949. The zero-order valence-electron chi connectivity index (χ0n) is 5.75. The van der Waals surface area contributed by atoms with E-state index in [-0.39, 0.29) is 0 Å². The van der Waals surface area contributed by atoms with E-state index in [1.807, 2.05) is 4.90 Å². The Hall–Kier alpha value is -0.420. The average Bonchev–Trinajstić information content (AvgIpc) is 2.05. The fraction of sp³-hybridized carbons (Fsp3) is 0.800. The van der Waals surface area contributed by atoms with E-state index in [2.05, 4.69) is 22.5 Å². The van der Waals surface area contributed by atoms with E-state index in [4.69, 9.17) is 5.73 Å². The zero-order valence-corrected chi connectivity index (χ0v) is 6.64. The molecule has 0 radical (unpaired) electrons. The molecule has 0 amide bonds. The highest BCUT2D eigenvalue weighted by Crippen LogP contribution is 1.91. The molecule has 0 atom stereocenters. The van der Waals surface area contributed by atoms with Gasteiger partial charge in [-0.15, -0.1) is 0 Å². The number of piperazine rings is 1. The summed E-state index contributed by atoms with van der Waals surface area (Å²) in [5, 5.41) is 3.22. The van der Waals surface area contributed by atoms with E-state index in [9.17, 15) is 0 Å². The smallest absolute Gasteiger partial charge is 0.202 e. The molecule has 1 aliphatic rings. The molecule has 0 aromatic carbocycles. The van der Waals surface area contributed by atoms with Gasteiger partial charge in [0.2, 0.25) is 5.96 Å². The summed E-state index contributed by atoms with van der Waals surface area (Å²) in [5.74, 6) is 0.518.